The number of fused-ring (bicyclic) bond motifs is 1. The van der Waals surface area contributed by atoms with E-state index in [0.717, 1.165) is 49.3 Å². The molecule has 10 heteroatoms. The van der Waals surface area contributed by atoms with Crippen LogP contribution in [0.2, 0.25) is 0 Å². The predicted octanol–water partition coefficient (Wildman–Crippen LogP) is 2.34. The molecule has 32 heavy (non-hydrogen) atoms. The number of nitrogens with one attached hydrogen (secondary N) is 3. The van der Waals surface area contributed by atoms with Crippen molar-refractivity contribution >= 4 is 29.0 Å². The summed E-state index contributed by atoms with van der Waals surface area (Å²) < 4.78 is 7.22. The lowest BCUT2D eigenvalue weighted by Crippen LogP contribution is -2.49. The van der Waals surface area contributed by atoms with E-state index in [1.54, 1.807) is 0 Å². The van der Waals surface area contributed by atoms with Gasteiger partial charge in [-0.1, -0.05) is 0 Å². The predicted molar refractivity (Wildman–Crippen MR) is 119 cm³/mol. The van der Waals surface area contributed by atoms with Crippen LogP contribution in [0.5, 0.6) is 0 Å². The van der Waals surface area contributed by atoms with Gasteiger partial charge in [-0.15, -0.1) is 5.10 Å². The van der Waals surface area contributed by atoms with E-state index < -0.39 is 0 Å². The van der Waals surface area contributed by atoms with Crippen molar-refractivity contribution in [2.75, 3.05) is 30.0 Å². The Hall–Kier alpha value is -3.14. The molecular formula is C22H28N8O2. The third-order valence-electron chi connectivity index (χ3n) is 6.62. The van der Waals surface area contributed by atoms with E-state index in [1.165, 1.54) is 12.8 Å². The number of H-pyrrole nitrogens is 1. The van der Waals surface area contributed by atoms with Gasteiger partial charge in [-0.05, 0) is 50.7 Å². The molecule has 1 saturated carbocycles. The Morgan fingerprint density at radius 1 is 1.19 bits per heavy atom. The number of ether oxygens (including phenoxy) is 1. The molecule has 0 radical (unpaired) electrons. The van der Waals surface area contributed by atoms with Gasteiger partial charge in [0.25, 0.3) is 0 Å². The van der Waals surface area contributed by atoms with Gasteiger partial charge in [-0.25, -0.2) is 4.52 Å². The standard InChI is InChI=1S/C22H28N8O2/c31-21(23-15-7-11-32-12-8-15)18-4-1-9-29(18)22-25-20(17-3-2-10-30(17)28-22)24-19-13-16(26-27-19)14-5-6-14/h2-3,10,13-15,18H,1,4-9,11-12H2,(H,23,31)(H2,24,25,26,27,28). The van der Waals surface area contributed by atoms with Crippen molar-refractivity contribution in [1.29, 1.82) is 0 Å². The summed E-state index contributed by atoms with van der Waals surface area (Å²) in [6.45, 7) is 2.17. The van der Waals surface area contributed by atoms with Gasteiger partial charge in [0.15, 0.2) is 11.6 Å². The summed E-state index contributed by atoms with van der Waals surface area (Å²) in [6.07, 6.45) is 7.80. The Balaban J connectivity index is 1.25. The average molecular weight is 437 g/mol. The van der Waals surface area contributed by atoms with Crippen LogP contribution < -0.4 is 15.5 Å². The second-order valence-electron chi connectivity index (χ2n) is 8.95. The molecule has 1 aliphatic carbocycles. The summed E-state index contributed by atoms with van der Waals surface area (Å²) in [5.74, 6) is 2.64. The molecule has 6 rings (SSSR count). The molecule has 0 bridgehead atoms. The quantitative estimate of drug-likeness (QED) is 0.544. The Labute approximate surface area is 185 Å². The van der Waals surface area contributed by atoms with E-state index in [9.17, 15) is 4.79 Å². The Kier molecular flexibility index (Phi) is 4.94. The van der Waals surface area contributed by atoms with Gasteiger partial charge in [0.05, 0.1) is 0 Å². The highest BCUT2D eigenvalue weighted by atomic mass is 16.5. The number of rotatable bonds is 6. The fraction of sp³-hybridized carbons (Fsp3) is 0.545. The highest BCUT2D eigenvalue weighted by molar-refractivity contribution is 5.85. The zero-order valence-corrected chi connectivity index (χ0v) is 18.0. The van der Waals surface area contributed by atoms with Crippen LogP contribution in [0.4, 0.5) is 17.6 Å². The van der Waals surface area contributed by atoms with Crippen molar-refractivity contribution in [3.8, 4) is 0 Å². The smallest absolute Gasteiger partial charge is 0.246 e. The lowest BCUT2D eigenvalue weighted by atomic mass is 10.1. The van der Waals surface area contributed by atoms with Crippen molar-refractivity contribution in [2.45, 2.75) is 56.5 Å². The summed E-state index contributed by atoms with van der Waals surface area (Å²) in [6, 6.07) is 5.90. The van der Waals surface area contributed by atoms with Gasteiger partial charge < -0.3 is 20.3 Å². The van der Waals surface area contributed by atoms with Crippen LogP contribution in [0.25, 0.3) is 5.52 Å². The van der Waals surface area contributed by atoms with Crippen molar-refractivity contribution in [2.24, 2.45) is 0 Å². The second-order valence-corrected chi connectivity index (χ2v) is 8.95. The van der Waals surface area contributed by atoms with Crippen LogP contribution in [0, 0.1) is 0 Å². The first-order chi connectivity index (χ1) is 15.7. The number of carbonyl (C=O) groups excluding carboxylic acids is 1. The lowest BCUT2D eigenvalue weighted by Gasteiger charge is -2.28. The topological polar surface area (TPSA) is 112 Å². The van der Waals surface area contributed by atoms with Gasteiger partial charge >= 0.3 is 0 Å². The van der Waals surface area contributed by atoms with Crippen molar-refractivity contribution in [3.05, 3.63) is 30.1 Å². The number of anilines is 3. The molecule has 10 nitrogen and oxygen atoms in total. The maximum atomic E-state index is 13.1. The maximum Gasteiger partial charge on any atom is 0.246 e. The lowest BCUT2D eigenvalue weighted by molar-refractivity contribution is -0.123. The molecule has 1 atom stereocenters. The molecule has 2 aliphatic heterocycles. The molecule has 2 saturated heterocycles. The number of carbonyl (C=O) groups is 1. The maximum absolute atomic E-state index is 13.1. The SMILES string of the molecule is O=C(NC1CCOCC1)C1CCCN1c1nc(Nc2cc(C3CC3)[nH]n2)c2cccn2n1. The van der Waals surface area contributed by atoms with E-state index >= 15 is 0 Å². The van der Waals surface area contributed by atoms with E-state index in [1.807, 2.05) is 27.7 Å². The molecule has 3 N–H and O–H groups in total. The second kappa shape index (κ2) is 8.09. The van der Waals surface area contributed by atoms with Gasteiger partial charge in [0, 0.05) is 49.7 Å². The fourth-order valence-corrected chi connectivity index (χ4v) is 4.68. The summed E-state index contributed by atoms with van der Waals surface area (Å²) in [5.41, 5.74) is 2.03. The zero-order valence-electron chi connectivity index (χ0n) is 18.0. The molecule has 1 amide bonds. The third-order valence-corrected chi connectivity index (χ3v) is 6.62. The van der Waals surface area contributed by atoms with Gasteiger partial charge in [-0.3, -0.25) is 9.89 Å². The molecule has 3 aromatic rings. The minimum absolute atomic E-state index is 0.0569. The molecule has 1 unspecified atom stereocenters. The van der Waals surface area contributed by atoms with Gasteiger partial charge in [-0.2, -0.15) is 10.1 Å². The van der Waals surface area contributed by atoms with Crippen LogP contribution >= 0.6 is 0 Å². The van der Waals surface area contributed by atoms with Crippen molar-refractivity contribution in [1.82, 2.24) is 30.1 Å². The Morgan fingerprint density at radius 2 is 2.06 bits per heavy atom. The van der Waals surface area contributed by atoms with Crippen LogP contribution in [-0.4, -0.2) is 62.5 Å². The highest BCUT2D eigenvalue weighted by Crippen LogP contribution is 2.39. The number of aromatic amines is 1. The molecule has 0 aromatic carbocycles. The zero-order chi connectivity index (χ0) is 21.5. The van der Waals surface area contributed by atoms with Crippen LogP contribution in [-0.2, 0) is 9.53 Å². The van der Waals surface area contributed by atoms with Crippen molar-refractivity contribution in [3.63, 3.8) is 0 Å². The van der Waals surface area contributed by atoms with Crippen LogP contribution in [0.15, 0.2) is 24.4 Å². The molecule has 0 spiro atoms. The van der Waals surface area contributed by atoms with Gasteiger partial charge in [0.2, 0.25) is 11.9 Å². The Morgan fingerprint density at radius 3 is 2.91 bits per heavy atom. The number of amides is 1. The minimum Gasteiger partial charge on any atom is -0.381 e. The third kappa shape index (κ3) is 3.79. The molecule has 3 fully saturated rings. The summed E-state index contributed by atoms with van der Waals surface area (Å²) in [5, 5.41) is 18.8. The summed E-state index contributed by atoms with van der Waals surface area (Å²) in [7, 11) is 0. The number of aromatic nitrogens is 5. The van der Waals surface area contributed by atoms with E-state index in [0.29, 0.717) is 30.9 Å². The highest BCUT2D eigenvalue weighted by Gasteiger charge is 2.34. The minimum atomic E-state index is -0.259. The van der Waals surface area contributed by atoms with Crippen LogP contribution in [0.1, 0.15) is 50.1 Å². The monoisotopic (exact) mass is 436 g/mol. The number of hydrogen-bond acceptors (Lipinski definition) is 7. The molecular weight excluding hydrogens is 408 g/mol. The average Bonchev–Trinajstić information content (AvgIpc) is 3.20. The summed E-state index contributed by atoms with van der Waals surface area (Å²) >= 11 is 0. The van der Waals surface area contributed by atoms with Gasteiger partial charge in [0.1, 0.15) is 11.6 Å². The van der Waals surface area contributed by atoms with E-state index in [4.69, 9.17) is 14.8 Å². The molecule has 168 valence electrons. The first-order valence-corrected chi connectivity index (χ1v) is 11.6. The fourth-order valence-electron chi connectivity index (χ4n) is 4.68. The summed E-state index contributed by atoms with van der Waals surface area (Å²) in [4.78, 5) is 19.9. The van der Waals surface area contributed by atoms with Crippen molar-refractivity contribution < 1.29 is 9.53 Å². The molecule has 3 aromatic heterocycles. The van der Waals surface area contributed by atoms with E-state index in [-0.39, 0.29) is 18.0 Å². The van der Waals surface area contributed by atoms with Crippen LogP contribution in [0.3, 0.4) is 0 Å². The molecule has 3 aliphatic rings. The first kappa shape index (κ1) is 19.5. The van der Waals surface area contributed by atoms with E-state index in [2.05, 4.69) is 26.9 Å². The number of hydrogen-bond donors (Lipinski definition) is 3. The first-order valence-electron chi connectivity index (χ1n) is 11.6. The molecule has 5 heterocycles. The normalized spacial score (nSPS) is 21.9. The number of nitrogens with zero attached hydrogens (tertiary/aromatic N) is 5. The Bertz CT molecular complexity index is 1110. The largest absolute Gasteiger partial charge is 0.381 e.